The summed E-state index contributed by atoms with van der Waals surface area (Å²) in [6.45, 7) is 31.5. The van der Waals surface area contributed by atoms with Gasteiger partial charge in [-0.2, -0.15) is 0 Å². The molecule has 2 radical (unpaired) electrons. The monoisotopic (exact) mass is 576 g/mol. The molecule has 0 saturated heterocycles. The number of hydrogen-bond acceptors (Lipinski definition) is 0. The molecule has 3 aromatic carbocycles. The second-order valence-electron chi connectivity index (χ2n) is 4.34. The van der Waals surface area contributed by atoms with Crippen LogP contribution >= 0.6 is 7.92 Å². The molecule has 35 heavy (non-hydrogen) atoms. The SMILES string of the molecule is [C-]#[O+].[C-]#[O+].[C-]#[O+].[C-]#[O+].[C-]#[O+].[C-]#[O+].[C-]#[O+].[Co].[Co].c1ccc(P(c2ccccc2)c2ccccc2)cc1. The summed E-state index contributed by atoms with van der Waals surface area (Å²) in [6, 6.07) is 32.3. The van der Waals surface area contributed by atoms with Gasteiger partial charge in [0.05, 0.1) is 0 Å². The maximum Gasteiger partial charge on any atom is 0 e. The van der Waals surface area contributed by atoms with Gasteiger partial charge in [0.15, 0.2) is 0 Å². The maximum absolute atomic E-state index is 7.50. The van der Waals surface area contributed by atoms with Crippen LogP contribution in [0.1, 0.15) is 0 Å². The Bertz CT molecular complexity index is 785. The van der Waals surface area contributed by atoms with Gasteiger partial charge in [0.2, 0.25) is 0 Å². The zero-order chi connectivity index (χ0) is 26.9. The number of benzene rings is 3. The van der Waals surface area contributed by atoms with Crippen molar-refractivity contribution >= 4 is 23.8 Å². The molecule has 180 valence electrons. The molecule has 0 aliphatic heterocycles. The first-order chi connectivity index (χ1) is 16.4. The Kier molecular flexibility index (Phi) is 68.7. The fourth-order valence-electron chi connectivity index (χ4n) is 2.18. The third-order valence-corrected chi connectivity index (χ3v) is 5.49. The molecule has 0 heterocycles. The first-order valence-corrected chi connectivity index (χ1v) is 9.17. The molecule has 0 N–H and O–H groups in total. The predicted octanol–water partition coefficient (Wildman–Crippen LogP) is 3.18. The molecule has 0 spiro atoms. The molecule has 3 rings (SSSR count). The predicted molar refractivity (Wildman–Crippen MR) is 113 cm³/mol. The van der Waals surface area contributed by atoms with Crippen molar-refractivity contribution in [3.8, 4) is 0 Å². The van der Waals surface area contributed by atoms with Crippen molar-refractivity contribution in [2.75, 3.05) is 0 Å². The van der Waals surface area contributed by atoms with E-state index < -0.39 is 7.92 Å². The maximum atomic E-state index is 7.50. The van der Waals surface area contributed by atoms with Crippen LogP contribution in [0.5, 0.6) is 0 Å². The Labute approximate surface area is 226 Å². The van der Waals surface area contributed by atoms with E-state index in [0.29, 0.717) is 0 Å². The molecule has 0 unspecified atom stereocenters. The van der Waals surface area contributed by atoms with E-state index in [1.54, 1.807) is 0 Å². The van der Waals surface area contributed by atoms with Gasteiger partial charge in [0, 0.05) is 33.6 Å². The molecule has 7 nitrogen and oxygen atoms in total. The van der Waals surface area contributed by atoms with Crippen molar-refractivity contribution in [2.24, 2.45) is 0 Å². The van der Waals surface area contributed by atoms with Gasteiger partial charge in [-0.05, 0) is 23.8 Å². The average Bonchev–Trinajstić information content (AvgIpc) is 2.98. The van der Waals surface area contributed by atoms with Crippen LogP contribution in [0.15, 0.2) is 91.0 Å². The van der Waals surface area contributed by atoms with Crippen molar-refractivity contribution in [1.29, 1.82) is 0 Å². The van der Waals surface area contributed by atoms with Crippen LogP contribution in [0, 0.1) is 46.6 Å². The molecule has 0 atom stereocenters. The van der Waals surface area contributed by atoms with E-state index in [1.807, 2.05) is 0 Å². The van der Waals surface area contributed by atoms with Gasteiger partial charge < -0.3 is 0 Å². The molecule has 3 aromatic rings. The minimum absolute atomic E-state index is 0. The molecule has 0 bridgehead atoms. The van der Waals surface area contributed by atoms with Gasteiger partial charge in [-0.3, -0.25) is 0 Å². The van der Waals surface area contributed by atoms with Gasteiger partial charge in [0.1, 0.15) is 0 Å². The summed E-state index contributed by atoms with van der Waals surface area (Å²) in [6.07, 6.45) is 0. The molecule has 10 heteroatoms. The van der Waals surface area contributed by atoms with Crippen LogP contribution in [0.4, 0.5) is 0 Å². The summed E-state index contributed by atoms with van der Waals surface area (Å²) in [5, 5.41) is 4.19. The molecular formula is C25H15Co2O7P. The van der Waals surface area contributed by atoms with Crippen molar-refractivity contribution < 1.29 is 66.1 Å². The first kappa shape index (κ1) is 49.4. The zero-order valence-electron chi connectivity index (χ0n) is 17.6. The minimum atomic E-state index is -0.446. The van der Waals surface area contributed by atoms with Crippen molar-refractivity contribution in [1.82, 2.24) is 0 Å². The molecule has 0 amide bonds. The number of rotatable bonds is 3. The summed E-state index contributed by atoms with van der Waals surface area (Å²) in [7, 11) is -0.446. The summed E-state index contributed by atoms with van der Waals surface area (Å²) in [5.74, 6) is 0. The Balaban J connectivity index is -0.0000000854. The second kappa shape index (κ2) is 48.7. The third-order valence-electron chi connectivity index (χ3n) is 3.04. The van der Waals surface area contributed by atoms with E-state index >= 15 is 0 Å². The van der Waals surface area contributed by atoms with Gasteiger partial charge in [-0.1, -0.05) is 91.0 Å². The van der Waals surface area contributed by atoms with Gasteiger partial charge in [-0.25, -0.2) is 0 Å². The van der Waals surface area contributed by atoms with Gasteiger partial charge in [0.25, 0.3) is 0 Å². The fourth-order valence-corrected chi connectivity index (χ4v) is 4.48. The summed E-state index contributed by atoms with van der Waals surface area (Å²) in [4.78, 5) is 0. The normalized spacial score (nSPS) is 6.14. The van der Waals surface area contributed by atoms with E-state index in [9.17, 15) is 0 Å². The van der Waals surface area contributed by atoms with E-state index in [4.69, 9.17) is 32.6 Å². The smallest absolute Gasteiger partial charge is 0 e. The largest absolute Gasteiger partial charge is 0.0622 e. The van der Waals surface area contributed by atoms with E-state index in [0.717, 1.165) is 0 Å². The van der Waals surface area contributed by atoms with Crippen LogP contribution in [-0.4, -0.2) is 0 Å². The second-order valence-corrected chi connectivity index (χ2v) is 6.56. The molecular weight excluding hydrogens is 561 g/mol. The fraction of sp³-hybridized carbons (Fsp3) is 0. The van der Waals surface area contributed by atoms with Crippen LogP contribution in [0.3, 0.4) is 0 Å². The molecule has 0 fully saturated rings. The molecule has 0 saturated carbocycles. The Hall–Kier alpha value is -2.72. The molecule has 0 aliphatic rings. The standard InChI is InChI=1S/C18H15P.7CO.2Co/c1-4-10-16(11-5-1)19(17-12-6-2-7-13-17)18-14-8-3-9-15-18;7*1-2;;/h1-15H;;;;;;;;;. The zero-order valence-corrected chi connectivity index (χ0v) is 20.6. The van der Waals surface area contributed by atoms with Crippen LogP contribution < -0.4 is 15.9 Å². The Morgan fingerprint density at radius 2 is 0.457 bits per heavy atom. The van der Waals surface area contributed by atoms with Crippen LogP contribution in [0.25, 0.3) is 0 Å². The van der Waals surface area contributed by atoms with E-state index in [-0.39, 0.29) is 33.6 Å². The summed E-state index contributed by atoms with van der Waals surface area (Å²) < 4.78 is 52.5. The average molecular weight is 576 g/mol. The van der Waals surface area contributed by atoms with E-state index in [2.05, 4.69) is 138 Å². The topological polar surface area (TPSA) is 139 Å². The molecule has 0 aromatic heterocycles. The number of hydrogen-bond donors (Lipinski definition) is 0. The quantitative estimate of drug-likeness (QED) is 0.257. The minimum Gasteiger partial charge on any atom is -0.0622 e. The van der Waals surface area contributed by atoms with Crippen molar-refractivity contribution in [3.63, 3.8) is 0 Å². The summed E-state index contributed by atoms with van der Waals surface area (Å²) in [5.41, 5.74) is 0. The molecule has 0 aliphatic carbocycles. The van der Waals surface area contributed by atoms with Crippen LogP contribution in [0.2, 0.25) is 0 Å². The van der Waals surface area contributed by atoms with Gasteiger partial charge >= 0.3 is 79.1 Å². The first-order valence-electron chi connectivity index (χ1n) is 7.83. The van der Waals surface area contributed by atoms with E-state index in [1.165, 1.54) is 15.9 Å². The van der Waals surface area contributed by atoms with Crippen molar-refractivity contribution in [2.45, 2.75) is 0 Å². The Morgan fingerprint density at radius 3 is 0.600 bits per heavy atom. The summed E-state index contributed by atoms with van der Waals surface area (Å²) >= 11 is 0. The van der Waals surface area contributed by atoms with Gasteiger partial charge in [-0.15, -0.1) is 0 Å². The Morgan fingerprint density at radius 1 is 0.314 bits per heavy atom. The third kappa shape index (κ3) is 24.2. The van der Waals surface area contributed by atoms with Crippen LogP contribution in [-0.2, 0) is 66.1 Å². The van der Waals surface area contributed by atoms with Crippen molar-refractivity contribution in [3.05, 3.63) is 138 Å².